The van der Waals surface area contributed by atoms with Gasteiger partial charge in [-0.3, -0.25) is 4.90 Å². The summed E-state index contributed by atoms with van der Waals surface area (Å²) in [4.78, 5) is 16.2. The fourth-order valence-corrected chi connectivity index (χ4v) is 1.91. The van der Waals surface area contributed by atoms with Crippen molar-refractivity contribution in [3.05, 3.63) is 29.8 Å². The van der Waals surface area contributed by atoms with Crippen molar-refractivity contribution in [3.63, 3.8) is 0 Å². The highest BCUT2D eigenvalue weighted by Gasteiger charge is 2.23. The summed E-state index contributed by atoms with van der Waals surface area (Å²) in [5.41, 5.74) is 1.58. The number of amides is 1. The van der Waals surface area contributed by atoms with Gasteiger partial charge in [0.25, 0.3) is 0 Å². The van der Waals surface area contributed by atoms with Gasteiger partial charge in [-0.25, -0.2) is 4.79 Å². The molecule has 0 atom stereocenters. The number of nitrogens with zero attached hydrogens (tertiary/aromatic N) is 2. The second-order valence-electron chi connectivity index (χ2n) is 6.62. The number of anilines is 1. The van der Waals surface area contributed by atoms with Crippen LogP contribution in [0.15, 0.2) is 24.3 Å². The minimum absolute atomic E-state index is 0.287. The van der Waals surface area contributed by atoms with Crippen LogP contribution in [-0.2, 0) is 4.74 Å². The zero-order valence-electron chi connectivity index (χ0n) is 14.1. The molecular formula is C17H28N2O2. The lowest BCUT2D eigenvalue weighted by molar-refractivity contribution is 0.0579. The van der Waals surface area contributed by atoms with Gasteiger partial charge in [0.1, 0.15) is 5.60 Å². The van der Waals surface area contributed by atoms with Gasteiger partial charge < -0.3 is 9.64 Å². The maximum atomic E-state index is 12.4. The number of carbonyl (C=O) groups is 1. The Balaban J connectivity index is 2.83. The predicted molar refractivity (Wildman–Crippen MR) is 87.9 cm³/mol. The van der Waals surface area contributed by atoms with E-state index in [1.165, 1.54) is 5.56 Å². The number of hydrogen-bond acceptors (Lipinski definition) is 3. The third-order valence-corrected chi connectivity index (χ3v) is 2.95. The van der Waals surface area contributed by atoms with Gasteiger partial charge in [-0.1, -0.05) is 17.7 Å². The van der Waals surface area contributed by atoms with Crippen molar-refractivity contribution in [2.45, 2.75) is 39.7 Å². The van der Waals surface area contributed by atoms with Gasteiger partial charge in [0.05, 0.1) is 0 Å². The number of ether oxygens (including phenoxy) is 1. The Kier molecular flexibility index (Phi) is 6.21. The Bertz CT molecular complexity index is 447. The molecule has 4 nitrogen and oxygen atoms in total. The average Bonchev–Trinajstić information content (AvgIpc) is 2.33. The molecule has 0 aliphatic heterocycles. The van der Waals surface area contributed by atoms with Crippen molar-refractivity contribution in [1.82, 2.24) is 4.90 Å². The summed E-state index contributed by atoms with van der Waals surface area (Å²) < 4.78 is 5.52. The normalized spacial score (nSPS) is 11.6. The second-order valence-corrected chi connectivity index (χ2v) is 6.62. The molecule has 0 saturated carbocycles. The van der Waals surface area contributed by atoms with Crippen molar-refractivity contribution in [3.8, 4) is 0 Å². The molecular weight excluding hydrogens is 264 g/mol. The Morgan fingerprint density at radius 3 is 2.14 bits per heavy atom. The van der Waals surface area contributed by atoms with Gasteiger partial charge in [-0.05, 0) is 66.9 Å². The molecule has 0 aromatic heterocycles. The SMILES string of the molecule is Cc1ccc(N(CCCN(C)C)C(=O)OC(C)(C)C)cc1. The first kappa shape index (κ1) is 17.5. The van der Waals surface area contributed by atoms with Crippen LogP contribution in [0.4, 0.5) is 10.5 Å². The van der Waals surface area contributed by atoms with Crippen molar-refractivity contribution < 1.29 is 9.53 Å². The zero-order valence-corrected chi connectivity index (χ0v) is 14.1. The van der Waals surface area contributed by atoms with Gasteiger partial charge in [-0.15, -0.1) is 0 Å². The van der Waals surface area contributed by atoms with E-state index in [0.29, 0.717) is 6.54 Å². The smallest absolute Gasteiger partial charge is 0.414 e. The van der Waals surface area contributed by atoms with E-state index in [4.69, 9.17) is 4.74 Å². The molecule has 0 heterocycles. The molecule has 0 saturated heterocycles. The van der Waals surface area contributed by atoms with Crippen LogP contribution in [0.3, 0.4) is 0 Å². The number of benzene rings is 1. The van der Waals surface area contributed by atoms with Gasteiger partial charge in [0.2, 0.25) is 0 Å². The van der Waals surface area contributed by atoms with Gasteiger partial charge in [0.15, 0.2) is 0 Å². The quantitative estimate of drug-likeness (QED) is 0.830. The number of carbonyl (C=O) groups excluding carboxylic acids is 1. The summed E-state index contributed by atoms with van der Waals surface area (Å²) in [5, 5.41) is 0. The van der Waals surface area contributed by atoms with Gasteiger partial charge in [0, 0.05) is 12.2 Å². The molecule has 1 rings (SSSR count). The van der Waals surface area contributed by atoms with E-state index in [-0.39, 0.29) is 6.09 Å². The lowest BCUT2D eigenvalue weighted by atomic mass is 10.2. The van der Waals surface area contributed by atoms with Crippen molar-refractivity contribution in [1.29, 1.82) is 0 Å². The molecule has 118 valence electrons. The average molecular weight is 292 g/mol. The lowest BCUT2D eigenvalue weighted by Crippen LogP contribution is -2.38. The molecule has 4 heteroatoms. The largest absolute Gasteiger partial charge is 0.443 e. The number of aryl methyl sites for hydroxylation is 1. The van der Waals surface area contributed by atoms with E-state index in [1.54, 1.807) is 4.90 Å². The first-order chi connectivity index (χ1) is 9.69. The molecule has 21 heavy (non-hydrogen) atoms. The molecule has 0 aliphatic carbocycles. The molecule has 0 bridgehead atoms. The maximum absolute atomic E-state index is 12.4. The third kappa shape index (κ3) is 6.63. The highest BCUT2D eigenvalue weighted by molar-refractivity contribution is 5.87. The minimum Gasteiger partial charge on any atom is -0.443 e. The lowest BCUT2D eigenvalue weighted by Gasteiger charge is -2.28. The Hall–Kier alpha value is -1.55. The summed E-state index contributed by atoms with van der Waals surface area (Å²) in [6.45, 7) is 9.28. The van der Waals surface area contributed by atoms with E-state index < -0.39 is 5.60 Å². The number of rotatable bonds is 5. The van der Waals surface area contributed by atoms with E-state index in [2.05, 4.69) is 4.90 Å². The fraction of sp³-hybridized carbons (Fsp3) is 0.588. The third-order valence-electron chi connectivity index (χ3n) is 2.95. The number of hydrogen-bond donors (Lipinski definition) is 0. The Morgan fingerprint density at radius 1 is 1.10 bits per heavy atom. The molecule has 0 radical (unpaired) electrons. The van der Waals surface area contributed by atoms with E-state index in [9.17, 15) is 4.79 Å². The summed E-state index contributed by atoms with van der Waals surface area (Å²) >= 11 is 0. The zero-order chi connectivity index (χ0) is 16.0. The van der Waals surface area contributed by atoms with Crippen LogP contribution < -0.4 is 4.90 Å². The molecule has 0 aliphatic rings. The van der Waals surface area contributed by atoms with Crippen LogP contribution in [0.5, 0.6) is 0 Å². The Labute approximate surface area is 128 Å². The molecule has 0 unspecified atom stereocenters. The van der Waals surface area contributed by atoms with Crippen LogP contribution >= 0.6 is 0 Å². The molecule has 0 N–H and O–H groups in total. The molecule has 1 amide bonds. The van der Waals surface area contributed by atoms with E-state index in [0.717, 1.165) is 18.7 Å². The first-order valence-corrected chi connectivity index (χ1v) is 7.41. The van der Waals surface area contributed by atoms with E-state index in [1.807, 2.05) is 66.1 Å². The topological polar surface area (TPSA) is 32.8 Å². The first-order valence-electron chi connectivity index (χ1n) is 7.41. The summed E-state index contributed by atoms with van der Waals surface area (Å²) in [5.74, 6) is 0. The van der Waals surface area contributed by atoms with Crippen molar-refractivity contribution in [2.75, 3.05) is 32.1 Å². The fourth-order valence-electron chi connectivity index (χ4n) is 1.91. The molecule has 0 spiro atoms. The minimum atomic E-state index is -0.485. The molecule has 0 fully saturated rings. The van der Waals surface area contributed by atoms with Crippen molar-refractivity contribution >= 4 is 11.8 Å². The second kappa shape index (κ2) is 7.46. The van der Waals surface area contributed by atoms with E-state index >= 15 is 0 Å². The van der Waals surface area contributed by atoms with Crippen LogP contribution in [0.1, 0.15) is 32.8 Å². The monoisotopic (exact) mass is 292 g/mol. The summed E-state index contributed by atoms with van der Waals surface area (Å²) in [7, 11) is 4.06. The standard InChI is InChI=1S/C17H28N2O2/c1-14-8-10-15(11-9-14)19(13-7-12-18(5)6)16(20)21-17(2,3)4/h8-11H,7,12-13H2,1-6H3. The van der Waals surface area contributed by atoms with Crippen LogP contribution in [0, 0.1) is 6.92 Å². The van der Waals surface area contributed by atoms with Gasteiger partial charge >= 0.3 is 6.09 Å². The Morgan fingerprint density at radius 2 is 1.67 bits per heavy atom. The van der Waals surface area contributed by atoms with Crippen LogP contribution in [-0.4, -0.2) is 43.8 Å². The van der Waals surface area contributed by atoms with Crippen molar-refractivity contribution in [2.24, 2.45) is 0 Å². The molecule has 1 aromatic rings. The highest BCUT2D eigenvalue weighted by atomic mass is 16.6. The summed E-state index contributed by atoms with van der Waals surface area (Å²) in [6, 6.07) is 7.96. The van der Waals surface area contributed by atoms with Gasteiger partial charge in [-0.2, -0.15) is 0 Å². The maximum Gasteiger partial charge on any atom is 0.414 e. The van der Waals surface area contributed by atoms with Crippen LogP contribution in [0.2, 0.25) is 0 Å². The predicted octanol–water partition coefficient (Wildman–Crippen LogP) is 3.69. The highest BCUT2D eigenvalue weighted by Crippen LogP contribution is 2.19. The molecule has 1 aromatic carbocycles. The van der Waals surface area contributed by atoms with Crippen LogP contribution in [0.25, 0.3) is 0 Å². The summed E-state index contributed by atoms with van der Waals surface area (Å²) in [6.07, 6.45) is 0.616.